The average Bonchev–Trinajstić information content (AvgIpc) is 3.19. The maximum Gasteiger partial charge on any atom is 0.148 e. The van der Waals surface area contributed by atoms with Gasteiger partial charge in [0, 0.05) is 18.9 Å². The molecule has 28 heavy (non-hydrogen) atoms. The summed E-state index contributed by atoms with van der Waals surface area (Å²) in [5, 5.41) is 12.0. The van der Waals surface area contributed by atoms with Crippen LogP contribution in [0.5, 0.6) is 0 Å². The molecule has 1 aliphatic rings. The van der Waals surface area contributed by atoms with Gasteiger partial charge in [-0.05, 0) is 55.6 Å². The van der Waals surface area contributed by atoms with Gasteiger partial charge in [0.2, 0.25) is 0 Å². The highest BCUT2D eigenvalue weighted by Gasteiger charge is 2.27. The van der Waals surface area contributed by atoms with Crippen molar-refractivity contribution >= 4 is 11.5 Å². The highest BCUT2D eigenvalue weighted by Crippen LogP contribution is 2.32. The van der Waals surface area contributed by atoms with Crippen LogP contribution < -0.4 is 5.32 Å². The quantitative estimate of drug-likeness (QED) is 0.733. The Kier molecular flexibility index (Phi) is 5.22. The van der Waals surface area contributed by atoms with E-state index in [2.05, 4.69) is 43.1 Å². The predicted octanol–water partition coefficient (Wildman–Crippen LogP) is 3.53. The summed E-state index contributed by atoms with van der Waals surface area (Å²) in [6.07, 6.45) is 11.2. The van der Waals surface area contributed by atoms with E-state index >= 15 is 0 Å². The Balaban J connectivity index is 1.45. The van der Waals surface area contributed by atoms with E-state index in [1.807, 2.05) is 24.7 Å². The molecule has 1 saturated heterocycles. The first-order valence-corrected chi connectivity index (χ1v) is 9.31. The number of aromatic nitrogens is 4. The van der Waals surface area contributed by atoms with Gasteiger partial charge < -0.3 is 5.32 Å². The SMILES string of the molecule is Cc1cnccc1CN1CCC[C@H]1c1cnc(Nc2ccc(C#N)nc2)cn1. The molecule has 7 nitrogen and oxygen atoms in total. The lowest BCUT2D eigenvalue weighted by Gasteiger charge is -2.24. The number of hydrogen-bond acceptors (Lipinski definition) is 7. The molecule has 1 fully saturated rings. The van der Waals surface area contributed by atoms with Gasteiger partial charge in [0.05, 0.1) is 36.0 Å². The summed E-state index contributed by atoms with van der Waals surface area (Å²) in [4.78, 5) is 19.9. The van der Waals surface area contributed by atoms with Crippen LogP contribution in [0.2, 0.25) is 0 Å². The van der Waals surface area contributed by atoms with Crippen molar-refractivity contribution in [2.45, 2.75) is 32.4 Å². The van der Waals surface area contributed by atoms with Gasteiger partial charge in [-0.3, -0.25) is 14.9 Å². The van der Waals surface area contributed by atoms with Crippen LogP contribution >= 0.6 is 0 Å². The van der Waals surface area contributed by atoms with Crippen molar-refractivity contribution in [1.82, 2.24) is 24.8 Å². The Bertz CT molecular complexity index is 977. The molecule has 3 aromatic heterocycles. The van der Waals surface area contributed by atoms with Crippen molar-refractivity contribution in [2.24, 2.45) is 0 Å². The van der Waals surface area contributed by atoms with Crippen LogP contribution in [-0.4, -0.2) is 31.4 Å². The Morgan fingerprint density at radius 3 is 2.79 bits per heavy atom. The van der Waals surface area contributed by atoms with E-state index in [-0.39, 0.29) is 6.04 Å². The van der Waals surface area contributed by atoms with Crippen LogP contribution in [0, 0.1) is 18.3 Å². The first-order chi connectivity index (χ1) is 13.7. The zero-order chi connectivity index (χ0) is 19.3. The lowest BCUT2D eigenvalue weighted by atomic mass is 10.1. The van der Waals surface area contributed by atoms with Crippen molar-refractivity contribution in [3.8, 4) is 6.07 Å². The van der Waals surface area contributed by atoms with Crippen LogP contribution in [0.1, 0.15) is 41.4 Å². The van der Waals surface area contributed by atoms with Crippen molar-refractivity contribution in [3.05, 3.63) is 71.7 Å². The van der Waals surface area contributed by atoms with Gasteiger partial charge in [-0.1, -0.05) is 0 Å². The highest BCUT2D eigenvalue weighted by atomic mass is 15.2. The molecule has 0 saturated carbocycles. The van der Waals surface area contributed by atoms with Crippen molar-refractivity contribution < 1.29 is 0 Å². The molecule has 3 aromatic rings. The van der Waals surface area contributed by atoms with E-state index in [0.717, 1.165) is 37.3 Å². The molecule has 140 valence electrons. The van der Waals surface area contributed by atoms with Crippen LogP contribution in [0.25, 0.3) is 0 Å². The summed E-state index contributed by atoms with van der Waals surface area (Å²) in [5.41, 5.74) is 4.68. The number of nitrogens with zero attached hydrogens (tertiary/aromatic N) is 6. The van der Waals surface area contributed by atoms with Crippen molar-refractivity contribution in [1.29, 1.82) is 5.26 Å². The minimum atomic E-state index is 0.283. The van der Waals surface area contributed by atoms with E-state index in [4.69, 9.17) is 5.26 Å². The second kappa shape index (κ2) is 8.11. The number of likely N-dealkylation sites (tertiary alicyclic amines) is 1. The minimum absolute atomic E-state index is 0.283. The number of pyridine rings is 2. The monoisotopic (exact) mass is 371 g/mol. The molecule has 0 radical (unpaired) electrons. The van der Waals surface area contributed by atoms with Gasteiger partial charge in [-0.15, -0.1) is 0 Å². The third kappa shape index (κ3) is 3.97. The molecule has 1 aliphatic heterocycles. The van der Waals surface area contributed by atoms with E-state index in [9.17, 15) is 0 Å². The molecular formula is C21H21N7. The number of nitrogens with one attached hydrogen (secondary N) is 1. The Labute approximate surface area is 164 Å². The molecule has 0 unspecified atom stereocenters. The van der Waals surface area contributed by atoms with Crippen LogP contribution in [-0.2, 0) is 6.54 Å². The summed E-state index contributed by atoms with van der Waals surface area (Å²) < 4.78 is 0. The molecular weight excluding hydrogens is 350 g/mol. The van der Waals surface area contributed by atoms with Gasteiger partial charge in [0.25, 0.3) is 0 Å². The normalized spacial score (nSPS) is 16.6. The van der Waals surface area contributed by atoms with E-state index in [0.29, 0.717) is 11.5 Å². The second-order valence-electron chi connectivity index (χ2n) is 6.93. The summed E-state index contributed by atoms with van der Waals surface area (Å²) in [6.45, 7) is 4.06. The smallest absolute Gasteiger partial charge is 0.148 e. The van der Waals surface area contributed by atoms with Crippen LogP contribution in [0.4, 0.5) is 11.5 Å². The third-order valence-corrected chi connectivity index (χ3v) is 5.04. The maximum absolute atomic E-state index is 8.82. The summed E-state index contributed by atoms with van der Waals surface area (Å²) >= 11 is 0. The van der Waals surface area contributed by atoms with Gasteiger partial charge in [-0.25, -0.2) is 9.97 Å². The topological polar surface area (TPSA) is 90.6 Å². The molecule has 0 bridgehead atoms. The lowest BCUT2D eigenvalue weighted by Crippen LogP contribution is -2.24. The number of anilines is 2. The standard InChI is InChI=1S/C21H21N7/c1-15-10-23-7-6-16(15)14-28-8-2-3-20(28)19-12-26-21(13-25-19)27-18-5-4-17(9-22)24-11-18/h4-7,10-13,20H,2-3,8,14H2,1H3,(H,26,27)/t20-/m0/s1. The molecule has 0 aliphatic carbocycles. The Morgan fingerprint density at radius 1 is 1.14 bits per heavy atom. The molecule has 1 N–H and O–H groups in total. The molecule has 0 aromatic carbocycles. The molecule has 0 spiro atoms. The molecule has 4 heterocycles. The summed E-state index contributed by atoms with van der Waals surface area (Å²) in [6, 6.07) is 7.85. The van der Waals surface area contributed by atoms with Crippen molar-refractivity contribution in [2.75, 3.05) is 11.9 Å². The minimum Gasteiger partial charge on any atom is -0.338 e. The van der Waals surface area contributed by atoms with Crippen LogP contribution in [0.3, 0.4) is 0 Å². The van der Waals surface area contributed by atoms with Gasteiger partial charge in [-0.2, -0.15) is 5.26 Å². The molecule has 4 rings (SSSR count). The molecule has 1 atom stereocenters. The van der Waals surface area contributed by atoms with E-state index < -0.39 is 0 Å². The fraction of sp³-hybridized carbons (Fsp3) is 0.286. The Morgan fingerprint density at radius 2 is 2.07 bits per heavy atom. The number of nitriles is 1. The largest absolute Gasteiger partial charge is 0.338 e. The number of rotatable bonds is 5. The van der Waals surface area contributed by atoms with Crippen molar-refractivity contribution in [3.63, 3.8) is 0 Å². The predicted molar refractivity (Wildman–Crippen MR) is 106 cm³/mol. The zero-order valence-electron chi connectivity index (χ0n) is 15.7. The van der Waals surface area contributed by atoms with Gasteiger partial charge in [0.1, 0.15) is 17.6 Å². The Hall–Kier alpha value is -3.37. The summed E-state index contributed by atoms with van der Waals surface area (Å²) in [5.74, 6) is 0.657. The first-order valence-electron chi connectivity index (χ1n) is 9.31. The molecule has 7 heteroatoms. The fourth-order valence-electron chi connectivity index (χ4n) is 3.51. The van der Waals surface area contributed by atoms with E-state index in [1.165, 1.54) is 11.1 Å². The molecule has 0 amide bonds. The fourth-order valence-corrected chi connectivity index (χ4v) is 3.51. The second-order valence-corrected chi connectivity index (χ2v) is 6.93. The maximum atomic E-state index is 8.82. The third-order valence-electron chi connectivity index (χ3n) is 5.04. The van der Waals surface area contributed by atoms with Gasteiger partial charge >= 0.3 is 0 Å². The van der Waals surface area contributed by atoms with Gasteiger partial charge in [0.15, 0.2) is 0 Å². The first kappa shape index (κ1) is 18.0. The lowest BCUT2D eigenvalue weighted by molar-refractivity contribution is 0.243. The zero-order valence-corrected chi connectivity index (χ0v) is 15.7. The summed E-state index contributed by atoms with van der Waals surface area (Å²) in [7, 11) is 0. The number of hydrogen-bond donors (Lipinski definition) is 1. The average molecular weight is 371 g/mol. The highest BCUT2D eigenvalue weighted by molar-refractivity contribution is 5.54. The number of aryl methyl sites for hydroxylation is 1. The van der Waals surface area contributed by atoms with E-state index in [1.54, 1.807) is 24.5 Å². The van der Waals surface area contributed by atoms with Crippen LogP contribution in [0.15, 0.2) is 49.2 Å².